The Morgan fingerprint density at radius 1 is 1.25 bits per heavy atom. The van der Waals surface area contributed by atoms with E-state index in [1.807, 2.05) is 18.2 Å². The van der Waals surface area contributed by atoms with Crippen LogP contribution in [0.3, 0.4) is 0 Å². The average Bonchev–Trinajstić information content (AvgIpc) is 3.04. The van der Waals surface area contributed by atoms with E-state index >= 15 is 0 Å². The van der Waals surface area contributed by atoms with Gasteiger partial charge in [-0.2, -0.15) is 5.26 Å². The molecule has 1 saturated carbocycles. The summed E-state index contributed by atoms with van der Waals surface area (Å²) in [5.74, 6) is -0.646. The molecule has 5 nitrogen and oxygen atoms in total. The minimum atomic E-state index is -0.814. The maximum atomic E-state index is 12.3. The molecule has 6 heteroatoms. The third-order valence-electron chi connectivity index (χ3n) is 4.80. The van der Waals surface area contributed by atoms with Crippen LogP contribution in [-0.2, 0) is 20.7 Å². The third kappa shape index (κ3) is 3.89. The number of ether oxygens (including phenoxy) is 2. The largest absolute Gasteiger partial charge is 0.348 e. The topological polar surface area (TPSA) is 71.4 Å². The van der Waals surface area contributed by atoms with Crippen LogP contribution in [-0.4, -0.2) is 30.4 Å². The van der Waals surface area contributed by atoms with E-state index in [4.69, 9.17) is 21.1 Å². The molecule has 24 heavy (non-hydrogen) atoms. The van der Waals surface area contributed by atoms with Gasteiger partial charge in [-0.15, -0.1) is 0 Å². The molecule has 0 aromatic heterocycles. The lowest BCUT2D eigenvalue weighted by Crippen LogP contribution is -2.53. The Bertz CT molecular complexity index is 640. The molecule has 0 radical (unpaired) electrons. The van der Waals surface area contributed by atoms with Gasteiger partial charge in [0.25, 0.3) is 0 Å². The van der Waals surface area contributed by atoms with Crippen molar-refractivity contribution < 1.29 is 14.3 Å². The molecular weight excluding hydrogens is 328 g/mol. The van der Waals surface area contributed by atoms with E-state index in [0.29, 0.717) is 56.8 Å². The van der Waals surface area contributed by atoms with Crippen LogP contribution in [0.25, 0.3) is 0 Å². The van der Waals surface area contributed by atoms with Crippen molar-refractivity contribution in [3.05, 3.63) is 34.9 Å². The van der Waals surface area contributed by atoms with E-state index in [2.05, 4.69) is 11.4 Å². The van der Waals surface area contributed by atoms with Crippen molar-refractivity contribution in [3.8, 4) is 6.07 Å². The summed E-state index contributed by atoms with van der Waals surface area (Å²) < 4.78 is 11.4. The van der Waals surface area contributed by atoms with E-state index in [-0.39, 0.29) is 5.91 Å². The van der Waals surface area contributed by atoms with Crippen molar-refractivity contribution >= 4 is 17.5 Å². The molecule has 128 valence electrons. The van der Waals surface area contributed by atoms with Gasteiger partial charge in [0.05, 0.1) is 19.3 Å². The zero-order chi connectivity index (χ0) is 17.0. The minimum Gasteiger partial charge on any atom is -0.348 e. The zero-order valence-corrected chi connectivity index (χ0v) is 14.3. The van der Waals surface area contributed by atoms with Crippen molar-refractivity contribution in [2.75, 3.05) is 13.2 Å². The Morgan fingerprint density at radius 2 is 1.96 bits per heavy atom. The third-order valence-corrected chi connectivity index (χ3v) is 5.04. The number of hydrogen-bond acceptors (Lipinski definition) is 4. The predicted molar refractivity (Wildman–Crippen MR) is 89.4 cm³/mol. The van der Waals surface area contributed by atoms with Crippen molar-refractivity contribution in [1.29, 1.82) is 5.26 Å². The summed E-state index contributed by atoms with van der Waals surface area (Å²) in [6.07, 6.45) is 3.30. The van der Waals surface area contributed by atoms with Gasteiger partial charge in [-0.25, -0.2) is 0 Å². The maximum absolute atomic E-state index is 12.3. The molecule has 1 N–H and O–H groups in total. The molecule has 1 aromatic rings. The first-order valence-corrected chi connectivity index (χ1v) is 8.67. The van der Waals surface area contributed by atoms with Gasteiger partial charge in [-0.1, -0.05) is 23.7 Å². The first-order chi connectivity index (χ1) is 11.5. The molecule has 1 spiro atoms. The Kier molecular flexibility index (Phi) is 5.09. The number of hydrogen-bond donors (Lipinski definition) is 1. The molecule has 3 rings (SSSR count). The zero-order valence-electron chi connectivity index (χ0n) is 13.5. The van der Waals surface area contributed by atoms with Gasteiger partial charge in [0.2, 0.25) is 5.91 Å². The lowest BCUT2D eigenvalue weighted by Gasteiger charge is -2.40. The Labute approximate surface area is 146 Å². The van der Waals surface area contributed by atoms with Gasteiger partial charge >= 0.3 is 0 Å². The molecule has 2 fully saturated rings. The summed E-state index contributed by atoms with van der Waals surface area (Å²) in [7, 11) is 0. The van der Waals surface area contributed by atoms with E-state index in [1.165, 1.54) is 0 Å². The number of amides is 1. The van der Waals surface area contributed by atoms with Crippen LogP contribution in [0.1, 0.15) is 37.7 Å². The normalized spacial score (nSPS) is 21.3. The molecule has 0 atom stereocenters. The van der Waals surface area contributed by atoms with Crippen LogP contribution in [0.15, 0.2) is 24.3 Å². The van der Waals surface area contributed by atoms with Crippen LogP contribution in [0.5, 0.6) is 0 Å². The van der Waals surface area contributed by atoms with Gasteiger partial charge in [-0.3, -0.25) is 4.79 Å². The molecule has 1 aliphatic heterocycles. The molecule has 2 aliphatic rings. The quantitative estimate of drug-likeness (QED) is 0.908. The summed E-state index contributed by atoms with van der Waals surface area (Å²) in [6, 6.07) is 9.77. The maximum Gasteiger partial charge on any atom is 0.221 e. The second kappa shape index (κ2) is 7.10. The van der Waals surface area contributed by atoms with E-state index in [1.54, 1.807) is 6.07 Å². The number of nitrogens with one attached hydrogen (secondary N) is 1. The molecule has 0 unspecified atom stereocenters. The fourth-order valence-corrected chi connectivity index (χ4v) is 3.60. The SMILES string of the molecule is N#CC1(NC(=O)CCc2cccc(Cl)c2)CCC2(CC1)OCCO2. The molecule has 1 amide bonds. The van der Waals surface area contributed by atoms with Crippen molar-refractivity contribution in [1.82, 2.24) is 5.32 Å². The summed E-state index contributed by atoms with van der Waals surface area (Å²) in [5.41, 5.74) is 0.199. The summed E-state index contributed by atoms with van der Waals surface area (Å²) in [4.78, 5) is 12.3. The number of benzene rings is 1. The standard InChI is InChI=1S/C18H21ClN2O3/c19-15-3-1-2-14(12-15)4-5-16(22)21-17(13-20)6-8-18(9-7-17)23-10-11-24-18/h1-3,12H,4-11H2,(H,21,22). The van der Waals surface area contributed by atoms with Gasteiger partial charge in [0.15, 0.2) is 5.79 Å². The van der Waals surface area contributed by atoms with E-state index in [0.717, 1.165) is 5.56 Å². The van der Waals surface area contributed by atoms with Crippen LogP contribution < -0.4 is 5.32 Å². The Morgan fingerprint density at radius 3 is 2.58 bits per heavy atom. The van der Waals surface area contributed by atoms with Crippen LogP contribution in [0, 0.1) is 11.3 Å². The fraction of sp³-hybridized carbons (Fsp3) is 0.556. The minimum absolute atomic E-state index is 0.110. The molecule has 1 saturated heterocycles. The number of rotatable bonds is 4. The summed E-state index contributed by atoms with van der Waals surface area (Å²) in [6.45, 7) is 1.21. The molecule has 1 aliphatic carbocycles. The second-order valence-corrected chi connectivity index (χ2v) is 6.92. The fourth-order valence-electron chi connectivity index (χ4n) is 3.39. The second-order valence-electron chi connectivity index (χ2n) is 6.48. The van der Waals surface area contributed by atoms with Crippen molar-refractivity contribution in [2.24, 2.45) is 0 Å². The summed E-state index contributed by atoms with van der Waals surface area (Å²) >= 11 is 5.95. The van der Waals surface area contributed by atoms with Crippen molar-refractivity contribution in [2.45, 2.75) is 49.9 Å². The Hall–Kier alpha value is -1.61. The number of nitrogens with zero attached hydrogens (tertiary/aromatic N) is 1. The van der Waals surface area contributed by atoms with Crippen LogP contribution in [0.2, 0.25) is 5.02 Å². The van der Waals surface area contributed by atoms with E-state index in [9.17, 15) is 10.1 Å². The highest BCUT2D eigenvalue weighted by molar-refractivity contribution is 6.30. The number of carbonyl (C=O) groups excluding carboxylic acids is 1. The number of halogens is 1. The Balaban J connectivity index is 1.53. The first kappa shape index (κ1) is 17.2. The molecular formula is C18H21ClN2O3. The van der Waals surface area contributed by atoms with Crippen LogP contribution in [0.4, 0.5) is 0 Å². The molecule has 1 heterocycles. The van der Waals surface area contributed by atoms with Gasteiger partial charge < -0.3 is 14.8 Å². The highest BCUT2D eigenvalue weighted by atomic mass is 35.5. The monoisotopic (exact) mass is 348 g/mol. The lowest BCUT2D eigenvalue weighted by atomic mass is 9.79. The number of aryl methyl sites for hydroxylation is 1. The first-order valence-electron chi connectivity index (χ1n) is 8.29. The smallest absolute Gasteiger partial charge is 0.221 e. The van der Waals surface area contributed by atoms with E-state index < -0.39 is 11.3 Å². The predicted octanol–water partition coefficient (Wildman–Crippen LogP) is 2.97. The average molecular weight is 349 g/mol. The molecule has 1 aromatic carbocycles. The number of nitriles is 1. The number of carbonyl (C=O) groups is 1. The highest BCUT2D eigenvalue weighted by Crippen LogP contribution is 2.40. The summed E-state index contributed by atoms with van der Waals surface area (Å²) in [5, 5.41) is 13.2. The van der Waals surface area contributed by atoms with Crippen LogP contribution >= 0.6 is 11.6 Å². The van der Waals surface area contributed by atoms with Gasteiger partial charge in [-0.05, 0) is 37.0 Å². The van der Waals surface area contributed by atoms with Crippen molar-refractivity contribution in [3.63, 3.8) is 0 Å². The highest BCUT2D eigenvalue weighted by Gasteiger charge is 2.47. The molecule has 0 bridgehead atoms. The lowest BCUT2D eigenvalue weighted by molar-refractivity contribution is -0.183. The van der Waals surface area contributed by atoms with Gasteiger partial charge in [0, 0.05) is 24.3 Å². The van der Waals surface area contributed by atoms with Gasteiger partial charge in [0.1, 0.15) is 5.54 Å².